The molecule has 1 fully saturated rings. The van der Waals surface area contributed by atoms with Crippen molar-refractivity contribution in [3.05, 3.63) is 15.8 Å². The Morgan fingerprint density at radius 1 is 1.65 bits per heavy atom. The second kappa shape index (κ2) is 4.21. The second-order valence-corrected chi connectivity index (χ2v) is 5.68. The molecule has 1 aromatic rings. The second-order valence-electron chi connectivity index (χ2n) is 4.40. The van der Waals surface area contributed by atoms with Gasteiger partial charge < -0.3 is 5.32 Å². The zero-order valence-corrected chi connectivity index (χ0v) is 11.0. The first kappa shape index (κ1) is 12.2. The number of anilines is 1. The lowest BCUT2D eigenvalue weighted by Gasteiger charge is -2.13. The molecule has 0 spiro atoms. The van der Waals surface area contributed by atoms with E-state index < -0.39 is 0 Å². The van der Waals surface area contributed by atoms with Gasteiger partial charge >= 0.3 is 5.69 Å². The molecular formula is C10H16N4O2S. The Morgan fingerprint density at radius 2 is 2.29 bits per heavy atom. The fraction of sp³-hybridized carbons (Fsp3) is 0.700. The number of hydrogen-bond donors (Lipinski definition) is 1. The van der Waals surface area contributed by atoms with E-state index in [9.17, 15) is 10.1 Å². The first-order valence-corrected chi connectivity index (χ1v) is 6.68. The van der Waals surface area contributed by atoms with Gasteiger partial charge in [-0.15, -0.1) is 0 Å². The van der Waals surface area contributed by atoms with Crippen molar-refractivity contribution in [2.75, 3.05) is 18.1 Å². The van der Waals surface area contributed by atoms with E-state index in [2.05, 4.69) is 16.7 Å². The van der Waals surface area contributed by atoms with Crippen LogP contribution < -0.4 is 5.32 Å². The normalized spacial score (nSPS) is 16.9. The van der Waals surface area contributed by atoms with E-state index in [1.807, 2.05) is 11.8 Å². The first-order valence-electron chi connectivity index (χ1n) is 5.46. The van der Waals surface area contributed by atoms with Gasteiger partial charge in [0.25, 0.3) is 0 Å². The fourth-order valence-corrected chi connectivity index (χ4v) is 2.63. The van der Waals surface area contributed by atoms with Crippen LogP contribution in [0, 0.1) is 17.0 Å². The van der Waals surface area contributed by atoms with Gasteiger partial charge in [0.05, 0.1) is 4.92 Å². The van der Waals surface area contributed by atoms with E-state index in [4.69, 9.17) is 0 Å². The molecular weight excluding hydrogens is 240 g/mol. The number of rotatable bonds is 5. The van der Waals surface area contributed by atoms with Gasteiger partial charge in [-0.25, -0.2) is 4.68 Å². The Morgan fingerprint density at radius 3 is 2.76 bits per heavy atom. The van der Waals surface area contributed by atoms with Crippen molar-refractivity contribution >= 4 is 23.3 Å². The Hall–Kier alpha value is -1.24. The maximum atomic E-state index is 11.0. The highest BCUT2D eigenvalue weighted by molar-refractivity contribution is 8.00. The van der Waals surface area contributed by atoms with Crippen molar-refractivity contribution < 1.29 is 4.92 Å². The van der Waals surface area contributed by atoms with E-state index in [0.717, 1.165) is 6.54 Å². The lowest BCUT2D eigenvalue weighted by atomic mass is 10.3. The first-order chi connectivity index (χ1) is 7.99. The topological polar surface area (TPSA) is 73.0 Å². The smallest absolute Gasteiger partial charge is 0.333 e. The zero-order chi connectivity index (χ0) is 12.6. The Balaban J connectivity index is 2.17. The number of hydrogen-bond acceptors (Lipinski definition) is 5. The van der Waals surface area contributed by atoms with Crippen molar-refractivity contribution in [1.82, 2.24) is 9.78 Å². The van der Waals surface area contributed by atoms with Crippen LogP contribution in [-0.4, -0.2) is 32.3 Å². The molecule has 1 aliphatic rings. The van der Waals surface area contributed by atoms with Gasteiger partial charge in [0, 0.05) is 18.3 Å². The molecule has 94 valence electrons. The van der Waals surface area contributed by atoms with E-state index in [-0.39, 0.29) is 15.4 Å². The van der Waals surface area contributed by atoms with Crippen LogP contribution in [0.5, 0.6) is 0 Å². The highest BCUT2D eigenvalue weighted by atomic mass is 32.2. The summed E-state index contributed by atoms with van der Waals surface area (Å²) >= 11 is 1.82. The quantitative estimate of drug-likeness (QED) is 0.644. The molecule has 2 rings (SSSR count). The third-order valence-corrected chi connectivity index (χ3v) is 4.61. The minimum atomic E-state index is -0.372. The number of thioether (sulfide) groups is 1. The van der Waals surface area contributed by atoms with Gasteiger partial charge in [-0.05, 0) is 26.0 Å². The number of nitrogens with one attached hydrogen (secondary N) is 1. The fourth-order valence-electron chi connectivity index (χ4n) is 1.90. The van der Waals surface area contributed by atoms with E-state index in [1.165, 1.54) is 12.8 Å². The molecule has 0 saturated heterocycles. The highest BCUT2D eigenvalue weighted by Gasteiger charge is 2.42. The van der Waals surface area contributed by atoms with E-state index in [1.54, 1.807) is 18.7 Å². The molecule has 0 radical (unpaired) electrons. The van der Waals surface area contributed by atoms with Crippen LogP contribution in [0.4, 0.5) is 11.5 Å². The van der Waals surface area contributed by atoms with Crippen molar-refractivity contribution in [3.63, 3.8) is 0 Å². The SMILES string of the molecule is CSC1(CNc2c([N+](=O)[O-])c(C)nn2C)CC1. The molecule has 1 heterocycles. The molecule has 7 heteroatoms. The van der Waals surface area contributed by atoms with Crippen molar-refractivity contribution in [2.24, 2.45) is 7.05 Å². The largest absolute Gasteiger partial charge is 0.363 e. The molecule has 0 bridgehead atoms. The highest BCUT2D eigenvalue weighted by Crippen LogP contribution is 2.47. The van der Waals surface area contributed by atoms with E-state index in [0.29, 0.717) is 11.5 Å². The maximum Gasteiger partial charge on any atom is 0.333 e. The Kier molecular flexibility index (Phi) is 3.03. The Bertz CT molecular complexity index is 453. The van der Waals surface area contributed by atoms with Crippen LogP contribution in [0.3, 0.4) is 0 Å². The monoisotopic (exact) mass is 256 g/mol. The molecule has 6 nitrogen and oxygen atoms in total. The van der Waals surface area contributed by atoms with Crippen LogP contribution in [0.15, 0.2) is 0 Å². The van der Waals surface area contributed by atoms with Gasteiger partial charge in [0.15, 0.2) is 0 Å². The van der Waals surface area contributed by atoms with Gasteiger partial charge in [-0.1, -0.05) is 0 Å². The predicted octanol–water partition coefficient (Wildman–Crippen LogP) is 1.94. The van der Waals surface area contributed by atoms with Crippen LogP contribution in [0.25, 0.3) is 0 Å². The molecule has 0 unspecified atom stereocenters. The van der Waals surface area contributed by atoms with Crippen molar-refractivity contribution in [3.8, 4) is 0 Å². The van der Waals surface area contributed by atoms with Crippen LogP contribution in [-0.2, 0) is 7.05 Å². The summed E-state index contributed by atoms with van der Waals surface area (Å²) in [6, 6.07) is 0. The number of aryl methyl sites for hydroxylation is 2. The number of nitrogens with zero attached hydrogens (tertiary/aromatic N) is 3. The Labute approximate surface area is 104 Å². The summed E-state index contributed by atoms with van der Waals surface area (Å²) in [6.45, 7) is 2.42. The lowest BCUT2D eigenvalue weighted by molar-refractivity contribution is -0.384. The molecule has 0 amide bonds. The standard InChI is InChI=1S/C10H16N4O2S/c1-7-8(14(15)16)9(13(2)12-7)11-6-10(17-3)4-5-10/h11H,4-6H2,1-3H3. The lowest BCUT2D eigenvalue weighted by Crippen LogP contribution is -2.19. The molecule has 1 N–H and O–H groups in total. The summed E-state index contributed by atoms with van der Waals surface area (Å²) in [5.41, 5.74) is 0.540. The summed E-state index contributed by atoms with van der Waals surface area (Å²) < 4.78 is 1.82. The maximum absolute atomic E-state index is 11.0. The summed E-state index contributed by atoms with van der Waals surface area (Å²) in [4.78, 5) is 10.6. The third-order valence-electron chi connectivity index (χ3n) is 3.19. The third kappa shape index (κ3) is 2.24. The average molecular weight is 256 g/mol. The van der Waals surface area contributed by atoms with E-state index >= 15 is 0 Å². The minimum absolute atomic E-state index is 0.0874. The minimum Gasteiger partial charge on any atom is -0.363 e. The molecule has 0 atom stereocenters. The molecule has 1 aliphatic carbocycles. The number of nitro groups is 1. The average Bonchev–Trinajstić information content (AvgIpc) is 2.97. The van der Waals surface area contributed by atoms with Gasteiger partial charge in [0.1, 0.15) is 5.69 Å². The summed E-state index contributed by atoms with van der Waals surface area (Å²) in [5, 5.41) is 18.2. The van der Waals surface area contributed by atoms with Gasteiger partial charge in [-0.3, -0.25) is 10.1 Å². The molecule has 17 heavy (non-hydrogen) atoms. The zero-order valence-electron chi connectivity index (χ0n) is 10.2. The molecule has 1 saturated carbocycles. The molecule has 1 aromatic heterocycles. The van der Waals surface area contributed by atoms with Crippen molar-refractivity contribution in [1.29, 1.82) is 0 Å². The summed E-state index contributed by atoms with van der Waals surface area (Å²) in [7, 11) is 1.72. The number of aromatic nitrogens is 2. The summed E-state index contributed by atoms with van der Waals surface area (Å²) in [5.74, 6) is 0.507. The van der Waals surface area contributed by atoms with Crippen molar-refractivity contribution in [2.45, 2.75) is 24.5 Å². The van der Waals surface area contributed by atoms with Crippen LogP contribution in [0.2, 0.25) is 0 Å². The molecule has 0 aromatic carbocycles. The van der Waals surface area contributed by atoms with Gasteiger partial charge in [0.2, 0.25) is 5.82 Å². The molecule has 0 aliphatic heterocycles. The van der Waals surface area contributed by atoms with Crippen LogP contribution in [0.1, 0.15) is 18.5 Å². The van der Waals surface area contributed by atoms with Gasteiger partial charge in [-0.2, -0.15) is 16.9 Å². The summed E-state index contributed by atoms with van der Waals surface area (Å²) in [6.07, 6.45) is 4.43. The van der Waals surface area contributed by atoms with Crippen LogP contribution >= 0.6 is 11.8 Å². The predicted molar refractivity (Wildman–Crippen MR) is 68.6 cm³/mol.